The lowest BCUT2D eigenvalue weighted by molar-refractivity contribution is -0.205. The number of hydrogen-bond acceptors (Lipinski definition) is 2. The van der Waals surface area contributed by atoms with Crippen LogP contribution in [0.1, 0.15) is 11.0 Å². The van der Waals surface area contributed by atoms with Gasteiger partial charge in [0.1, 0.15) is 4.34 Å². The first-order chi connectivity index (χ1) is 5.82. The topological polar surface area (TPSA) is 20.2 Å². The van der Waals surface area contributed by atoms with Crippen molar-refractivity contribution in [2.24, 2.45) is 0 Å². The third-order valence-corrected chi connectivity index (χ3v) is 3.77. The fourth-order valence-electron chi connectivity index (χ4n) is 0.659. The molecule has 0 bridgehead atoms. The number of rotatable bonds is 1. The Morgan fingerprint density at radius 2 is 2.08 bits per heavy atom. The molecule has 0 amide bonds. The molecule has 1 aromatic rings. The van der Waals surface area contributed by atoms with Gasteiger partial charge in [-0.05, 0) is 22.0 Å². The van der Waals surface area contributed by atoms with Crippen LogP contribution in [0.5, 0.6) is 0 Å². The number of aliphatic hydroxyl groups excluding tert-OH is 1. The van der Waals surface area contributed by atoms with Crippen molar-refractivity contribution in [3.63, 3.8) is 0 Å². The van der Waals surface area contributed by atoms with Crippen molar-refractivity contribution in [3.05, 3.63) is 19.8 Å². The second-order valence-electron chi connectivity index (χ2n) is 2.21. The van der Waals surface area contributed by atoms with Gasteiger partial charge in [0.2, 0.25) is 0 Å². The second kappa shape index (κ2) is 3.76. The van der Waals surface area contributed by atoms with Gasteiger partial charge < -0.3 is 5.11 Å². The summed E-state index contributed by atoms with van der Waals surface area (Å²) in [4.78, 5) is -0.218. The van der Waals surface area contributed by atoms with Gasteiger partial charge in [0.15, 0.2) is 6.10 Å². The Balaban J connectivity index is 2.96. The molecule has 0 spiro atoms. The molecule has 1 N–H and O–H groups in total. The van der Waals surface area contributed by atoms with E-state index in [9.17, 15) is 13.2 Å². The molecule has 0 aromatic carbocycles. The summed E-state index contributed by atoms with van der Waals surface area (Å²) >= 11 is 9.17. The Morgan fingerprint density at radius 3 is 2.38 bits per heavy atom. The van der Waals surface area contributed by atoms with E-state index in [0.717, 1.165) is 6.07 Å². The standard InChI is InChI=1S/C6H3BrClF3OS/c7-2-1-3(13-5(2)8)4(12)6(9,10)11/h1,4,12H. The van der Waals surface area contributed by atoms with Crippen LogP contribution in [0.4, 0.5) is 13.2 Å². The van der Waals surface area contributed by atoms with Gasteiger partial charge in [-0.15, -0.1) is 11.3 Å². The second-order valence-corrected chi connectivity index (χ2v) is 4.75. The van der Waals surface area contributed by atoms with Gasteiger partial charge in [-0.1, -0.05) is 11.6 Å². The highest BCUT2D eigenvalue weighted by Gasteiger charge is 2.40. The van der Waals surface area contributed by atoms with E-state index >= 15 is 0 Å². The third-order valence-electron chi connectivity index (χ3n) is 1.24. The summed E-state index contributed by atoms with van der Waals surface area (Å²) in [6.45, 7) is 0. The normalized spacial score (nSPS) is 14.6. The van der Waals surface area contributed by atoms with Gasteiger partial charge in [0.25, 0.3) is 0 Å². The molecule has 0 aliphatic rings. The van der Waals surface area contributed by atoms with E-state index in [1.165, 1.54) is 0 Å². The molecule has 0 fully saturated rings. The molecule has 0 aliphatic heterocycles. The van der Waals surface area contributed by atoms with Crippen molar-refractivity contribution in [2.45, 2.75) is 12.3 Å². The van der Waals surface area contributed by atoms with Crippen molar-refractivity contribution in [1.82, 2.24) is 0 Å². The average molecular weight is 296 g/mol. The highest BCUT2D eigenvalue weighted by atomic mass is 79.9. The zero-order valence-electron chi connectivity index (χ0n) is 5.90. The number of halogens is 5. The lowest BCUT2D eigenvalue weighted by Gasteiger charge is -2.11. The molecule has 1 atom stereocenters. The Bertz CT molecular complexity index is 292. The van der Waals surface area contributed by atoms with E-state index in [-0.39, 0.29) is 9.21 Å². The van der Waals surface area contributed by atoms with Gasteiger partial charge in [0.05, 0.1) is 0 Å². The zero-order valence-corrected chi connectivity index (χ0v) is 9.06. The largest absolute Gasteiger partial charge is 0.419 e. The molecule has 13 heavy (non-hydrogen) atoms. The van der Waals surface area contributed by atoms with Crippen LogP contribution in [0, 0.1) is 0 Å². The fourth-order valence-corrected chi connectivity index (χ4v) is 2.41. The van der Waals surface area contributed by atoms with E-state index < -0.39 is 12.3 Å². The van der Waals surface area contributed by atoms with E-state index in [0.29, 0.717) is 15.8 Å². The molecule has 74 valence electrons. The first-order valence-corrected chi connectivity index (χ1v) is 5.00. The highest BCUT2D eigenvalue weighted by Crippen LogP contribution is 2.40. The third kappa shape index (κ3) is 2.59. The maximum atomic E-state index is 12.0. The van der Waals surface area contributed by atoms with Crippen LogP contribution in [0.25, 0.3) is 0 Å². The van der Waals surface area contributed by atoms with Gasteiger partial charge >= 0.3 is 6.18 Å². The van der Waals surface area contributed by atoms with Crippen molar-refractivity contribution >= 4 is 38.9 Å². The molecule has 7 heteroatoms. The van der Waals surface area contributed by atoms with E-state index in [4.69, 9.17) is 16.7 Å². The van der Waals surface area contributed by atoms with Crippen LogP contribution in [0.3, 0.4) is 0 Å². The minimum atomic E-state index is -4.65. The molecule has 1 nitrogen and oxygen atoms in total. The SMILES string of the molecule is OC(c1cc(Br)c(Cl)s1)C(F)(F)F. The van der Waals surface area contributed by atoms with Crippen molar-refractivity contribution < 1.29 is 18.3 Å². The maximum Gasteiger partial charge on any atom is 0.419 e. The summed E-state index contributed by atoms with van der Waals surface area (Å²) < 4.78 is 36.5. The van der Waals surface area contributed by atoms with Crippen molar-refractivity contribution in [3.8, 4) is 0 Å². The van der Waals surface area contributed by atoms with Crippen LogP contribution < -0.4 is 0 Å². The molecular weight excluding hydrogens is 292 g/mol. The monoisotopic (exact) mass is 294 g/mol. The number of thiophene rings is 1. The first-order valence-electron chi connectivity index (χ1n) is 3.02. The van der Waals surface area contributed by atoms with Crippen molar-refractivity contribution in [2.75, 3.05) is 0 Å². The van der Waals surface area contributed by atoms with Crippen LogP contribution >= 0.6 is 38.9 Å². The Kier molecular flexibility index (Phi) is 3.27. The molecule has 0 saturated heterocycles. The lowest BCUT2D eigenvalue weighted by atomic mass is 10.3. The number of hydrogen-bond donors (Lipinski definition) is 1. The van der Waals surface area contributed by atoms with E-state index in [2.05, 4.69) is 15.9 Å². The minimum absolute atomic E-state index is 0.193. The molecule has 0 radical (unpaired) electrons. The summed E-state index contributed by atoms with van der Waals surface area (Å²) in [5.41, 5.74) is 0. The molecule has 1 unspecified atom stereocenters. The average Bonchev–Trinajstić information content (AvgIpc) is 2.29. The summed E-state index contributed by atoms with van der Waals surface area (Å²) in [6, 6.07) is 1.16. The summed E-state index contributed by atoms with van der Waals surface area (Å²) in [5, 5.41) is 8.80. The maximum absolute atomic E-state index is 12.0. The minimum Gasteiger partial charge on any atom is -0.379 e. The predicted molar refractivity (Wildman–Crippen MR) is 48.0 cm³/mol. The zero-order chi connectivity index (χ0) is 10.2. The van der Waals surface area contributed by atoms with Crippen molar-refractivity contribution in [1.29, 1.82) is 0 Å². The van der Waals surface area contributed by atoms with Gasteiger partial charge in [0, 0.05) is 9.35 Å². The molecule has 0 aliphatic carbocycles. The number of alkyl halides is 3. The summed E-state index contributed by atoms with van der Waals surface area (Å²) in [5.74, 6) is 0. The van der Waals surface area contributed by atoms with Gasteiger partial charge in [-0.25, -0.2) is 0 Å². The lowest BCUT2D eigenvalue weighted by Crippen LogP contribution is -2.18. The van der Waals surface area contributed by atoms with E-state index in [1.54, 1.807) is 0 Å². The molecule has 0 saturated carbocycles. The Morgan fingerprint density at radius 1 is 1.54 bits per heavy atom. The summed E-state index contributed by atoms with van der Waals surface area (Å²) in [6.07, 6.45) is -7.10. The molecule has 1 aromatic heterocycles. The molecule has 1 rings (SSSR count). The fraction of sp³-hybridized carbons (Fsp3) is 0.333. The quantitative estimate of drug-likeness (QED) is 0.836. The predicted octanol–water partition coefficient (Wildman–Crippen LogP) is 3.76. The van der Waals surface area contributed by atoms with Crippen LogP contribution in [0.15, 0.2) is 10.5 Å². The van der Waals surface area contributed by atoms with E-state index in [1.807, 2.05) is 0 Å². The Labute approximate surface area is 89.3 Å². The van der Waals surface area contributed by atoms with Crippen LogP contribution in [-0.2, 0) is 0 Å². The Hall–Kier alpha value is 0.220. The molecular formula is C6H3BrClF3OS. The van der Waals surface area contributed by atoms with Crippen LogP contribution in [-0.4, -0.2) is 11.3 Å². The number of aliphatic hydroxyl groups is 1. The smallest absolute Gasteiger partial charge is 0.379 e. The molecule has 1 heterocycles. The van der Waals surface area contributed by atoms with Gasteiger partial charge in [-0.2, -0.15) is 13.2 Å². The first kappa shape index (κ1) is 11.3. The van der Waals surface area contributed by atoms with Crippen LogP contribution in [0.2, 0.25) is 4.34 Å². The van der Waals surface area contributed by atoms with Gasteiger partial charge in [-0.3, -0.25) is 0 Å². The summed E-state index contributed by atoms with van der Waals surface area (Å²) in [7, 11) is 0. The highest BCUT2D eigenvalue weighted by molar-refractivity contribution is 9.10.